The van der Waals surface area contributed by atoms with Crippen LogP contribution in [-0.2, 0) is 24.1 Å². The van der Waals surface area contributed by atoms with Gasteiger partial charge in [0, 0.05) is 12.0 Å². The number of ether oxygens (including phenoxy) is 1. The summed E-state index contributed by atoms with van der Waals surface area (Å²) in [5, 5.41) is 13.9. The van der Waals surface area contributed by atoms with Crippen molar-refractivity contribution in [3.8, 4) is 28.3 Å². The molecule has 4 aromatic carbocycles. The summed E-state index contributed by atoms with van der Waals surface area (Å²) >= 11 is 0. The Morgan fingerprint density at radius 1 is 0.929 bits per heavy atom. The number of carbonyl (C=O) groups is 1. The highest BCUT2D eigenvalue weighted by molar-refractivity contribution is 5.74. The molecule has 0 aliphatic carbocycles. The third-order valence-electron chi connectivity index (χ3n) is 7.07. The summed E-state index contributed by atoms with van der Waals surface area (Å²) in [6.07, 6.45) is 1.79. The molecule has 8 heteroatoms. The van der Waals surface area contributed by atoms with Gasteiger partial charge in [0.2, 0.25) is 0 Å². The standard InChI is InChI=1S/C34H32FN3O4/c1-3-42-31-20-17-26(21-27(31)22-33(39)40)25-15-13-24(14-16-25)7-6-10-32-36-38(28-18-11-23(2)12-19-28)34(41)37(32)30-9-5-4-8-29(30)35/h4-5,8-9,11-21H,3,6-7,10,22H2,1-2H3,(H,39,40). The van der Waals surface area contributed by atoms with Crippen LogP contribution < -0.4 is 10.4 Å². The molecule has 42 heavy (non-hydrogen) atoms. The van der Waals surface area contributed by atoms with Gasteiger partial charge in [-0.2, -0.15) is 4.68 Å². The number of benzene rings is 4. The Bertz CT molecular complexity index is 1760. The second-order valence-electron chi connectivity index (χ2n) is 10.1. The Balaban J connectivity index is 1.35. The highest BCUT2D eigenvalue weighted by atomic mass is 19.1. The number of aliphatic carboxylic acids is 1. The number of aryl methyl sites for hydroxylation is 3. The van der Waals surface area contributed by atoms with Crippen LogP contribution in [0.2, 0.25) is 0 Å². The Morgan fingerprint density at radius 2 is 1.64 bits per heavy atom. The molecule has 214 valence electrons. The lowest BCUT2D eigenvalue weighted by atomic mass is 9.98. The Morgan fingerprint density at radius 3 is 2.33 bits per heavy atom. The van der Waals surface area contributed by atoms with Crippen molar-refractivity contribution in [1.82, 2.24) is 14.3 Å². The molecular formula is C34H32FN3O4. The van der Waals surface area contributed by atoms with Crippen molar-refractivity contribution in [3.63, 3.8) is 0 Å². The van der Waals surface area contributed by atoms with E-state index in [1.54, 1.807) is 18.2 Å². The van der Waals surface area contributed by atoms with Gasteiger partial charge >= 0.3 is 11.7 Å². The first kappa shape index (κ1) is 28.5. The molecule has 1 aromatic heterocycles. The number of para-hydroxylation sites is 1. The van der Waals surface area contributed by atoms with E-state index >= 15 is 0 Å². The van der Waals surface area contributed by atoms with E-state index in [2.05, 4.69) is 5.10 Å². The van der Waals surface area contributed by atoms with Crippen LogP contribution in [0, 0.1) is 12.7 Å². The van der Waals surface area contributed by atoms with Gasteiger partial charge in [-0.3, -0.25) is 4.79 Å². The number of aromatic nitrogens is 3. The van der Waals surface area contributed by atoms with Crippen LogP contribution in [0.4, 0.5) is 4.39 Å². The summed E-state index contributed by atoms with van der Waals surface area (Å²) in [6.45, 7) is 4.30. The van der Waals surface area contributed by atoms with Gasteiger partial charge in [-0.25, -0.2) is 13.8 Å². The molecule has 0 aliphatic heterocycles. The van der Waals surface area contributed by atoms with E-state index < -0.39 is 17.5 Å². The van der Waals surface area contributed by atoms with E-state index in [0.29, 0.717) is 42.3 Å². The van der Waals surface area contributed by atoms with Gasteiger partial charge in [0.25, 0.3) is 0 Å². The fourth-order valence-electron chi connectivity index (χ4n) is 4.97. The Kier molecular flexibility index (Phi) is 8.62. The second kappa shape index (κ2) is 12.7. The Labute approximate surface area is 243 Å². The van der Waals surface area contributed by atoms with E-state index in [4.69, 9.17) is 4.74 Å². The van der Waals surface area contributed by atoms with Crippen molar-refractivity contribution in [2.45, 2.75) is 39.5 Å². The summed E-state index contributed by atoms with van der Waals surface area (Å²) < 4.78 is 23.1. The number of nitrogens with zero attached hydrogens (tertiary/aromatic N) is 3. The van der Waals surface area contributed by atoms with Crippen LogP contribution in [0.1, 0.15) is 35.9 Å². The predicted octanol–water partition coefficient (Wildman–Crippen LogP) is 6.34. The summed E-state index contributed by atoms with van der Waals surface area (Å²) in [5.74, 6) is -0.324. The van der Waals surface area contributed by atoms with E-state index in [1.165, 1.54) is 15.3 Å². The maximum absolute atomic E-state index is 14.8. The van der Waals surface area contributed by atoms with Crippen LogP contribution in [0.3, 0.4) is 0 Å². The first-order valence-electron chi connectivity index (χ1n) is 13.9. The van der Waals surface area contributed by atoms with Gasteiger partial charge in [0.05, 0.1) is 24.4 Å². The molecule has 0 saturated heterocycles. The topological polar surface area (TPSA) is 86.4 Å². The number of carboxylic acids is 1. The van der Waals surface area contributed by atoms with Crippen molar-refractivity contribution in [2.24, 2.45) is 0 Å². The van der Waals surface area contributed by atoms with Gasteiger partial charge in [0.1, 0.15) is 17.4 Å². The number of hydrogen-bond donors (Lipinski definition) is 1. The van der Waals surface area contributed by atoms with Crippen LogP contribution in [0.25, 0.3) is 22.5 Å². The average Bonchev–Trinajstić information content (AvgIpc) is 3.30. The zero-order valence-electron chi connectivity index (χ0n) is 23.6. The smallest absolute Gasteiger partial charge is 0.355 e. The monoisotopic (exact) mass is 565 g/mol. The van der Waals surface area contributed by atoms with Crippen LogP contribution in [0.5, 0.6) is 5.75 Å². The van der Waals surface area contributed by atoms with Gasteiger partial charge in [-0.1, -0.05) is 60.2 Å². The molecule has 0 aliphatic rings. The number of hydrogen-bond acceptors (Lipinski definition) is 4. The summed E-state index contributed by atoms with van der Waals surface area (Å²) in [6, 6.07) is 27.4. The molecule has 1 heterocycles. The first-order chi connectivity index (χ1) is 20.3. The lowest BCUT2D eigenvalue weighted by Crippen LogP contribution is -2.24. The van der Waals surface area contributed by atoms with Crippen molar-refractivity contribution in [1.29, 1.82) is 0 Å². The third kappa shape index (κ3) is 6.33. The van der Waals surface area contributed by atoms with Crippen molar-refractivity contribution in [2.75, 3.05) is 6.61 Å². The second-order valence-corrected chi connectivity index (χ2v) is 10.1. The quantitative estimate of drug-likeness (QED) is 0.202. The zero-order valence-corrected chi connectivity index (χ0v) is 23.6. The van der Waals surface area contributed by atoms with Crippen LogP contribution >= 0.6 is 0 Å². The molecule has 1 N–H and O–H groups in total. The van der Waals surface area contributed by atoms with Gasteiger partial charge in [0.15, 0.2) is 0 Å². The number of halogens is 1. The van der Waals surface area contributed by atoms with Crippen molar-refractivity contribution < 1.29 is 19.0 Å². The van der Waals surface area contributed by atoms with E-state index in [9.17, 15) is 19.1 Å². The minimum atomic E-state index is -0.910. The lowest BCUT2D eigenvalue weighted by Gasteiger charge is -2.12. The maximum atomic E-state index is 14.8. The third-order valence-corrected chi connectivity index (χ3v) is 7.07. The highest BCUT2D eigenvalue weighted by Crippen LogP contribution is 2.28. The lowest BCUT2D eigenvalue weighted by molar-refractivity contribution is -0.136. The molecule has 0 radical (unpaired) electrons. The molecule has 0 atom stereocenters. The zero-order chi connectivity index (χ0) is 29.6. The first-order valence-corrected chi connectivity index (χ1v) is 13.9. The molecule has 0 amide bonds. The fourth-order valence-corrected chi connectivity index (χ4v) is 4.97. The maximum Gasteiger partial charge on any atom is 0.355 e. The Hall–Kier alpha value is -4.98. The number of rotatable bonds is 11. The molecule has 0 unspecified atom stereocenters. The van der Waals surface area contributed by atoms with Crippen LogP contribution in [-0.4, -0.2) is 32.0 Å². The van der Waals surface area contributed by atoms with E-state index in [0.717, 1.165) is 28.7 Å². The highest BCUT2D eigenvalue weighted by Gasteiger charge is 2.18. The average molecular weight is 566 g/mol. The summed E-state index contributed by atoms with van der Waals surface area (Å²) in [4.78, 5) is 24.8. The summed E-state index contributed by atoms with van der Waals surface area (Å²) in [7, 11) is 0. The van der Waals surface area contributed by atoms with Gasteiger partial charge in [-0.05, 0) is 79.8 Å². The molecule has 0 bridgehead atoms. The van der Waals surface area contributed by atoms with Crippen molar-refractivity contribution in [3.05, 3.63) is 130 Å². The molecule has 0 fully saturated rings. The fraction of sp³-hybridized carbons (Fsp3) is 0.206. The molecule has 5 rings (SSSR count). The summed E-state index contributed by atoms with van der Waals surface area (Å²) in [5.41, 5.74) is 5.08. The van der Waals surface area contributed by atoms with Crippen LogP contribution in [0.15, 0.2) is 95.8 Å². The normalized spacial score (nSPS) is 11.0. The van der Waals surface area contributed by atoms with Gasteiger partial charge in [-0.15, -0.1) is 5.10 Å². The molecule has 0 saturated carbocycles. The molecule has 0 spiro atoms. The minimum absolute atomic E-state index is 0.112. The van der Waals surface area contributed by atoms with E-state index in [1.807, 2.05) is 80.6 Å². The van der Waals surface area contributed by atoms with Crippen molar-refractivity contribution >= 4 is 5.97 Å². The molecular weight excluding hydrogens is 533 g/mol. The SMILES string of the molecule is CCOc1ccc(-c2ccc(CCCc3nn(-c4ccc(C)cc4)c(=O)n3-c3ccccc3F)cc2)cc1CC(=O)O. The van der Waals surface area contributed by atoms with Gasteiger partial charge < -0.3 is 9.84 Å². The van der Waals surface area contributed by atoms with E-state index in [-0.39, 0.29) is 12.1 Å². The number of carboxylic acid groups (broad SMARTS) is 1. The largest absolute Gasteiger partial charge is 0.494 e. The minimum Gasteiger partial charge on any atom is -0.494 e. The molecule has 7 nitrogen and oxygen atoms in total. The molecule has 5 aromatic rings. The predicted molar refractivity (Wildman–Crippen MR) is 160 cm³/mol.